The molecule has 0 aliphatic heterocycles. The molecule has 48 heavy (non-hydrogen) atoms. The van der Waals surface area contributed by atoms with Crippen LogP contribution in [0.15, 0.2) is 41.4 Å². The van der Waals surface area contributed by atoms with E-state index in [0.717, 1.165) is 5.01 Å². The van der Waals surface area contributed by atoms with E-state index in [1.165, 1.54) is 56.1 Å². The summed E-state index contributed by atoms with van der Waals surface area (Å²) in [5, 5.41) is 3.98. The van der Waals surface area contributed by atoms with Crippen LogP contribution in [0.4, 0.5) is 11.4 Å². The fraction of sp³-hybridized carbons (Fsp3) is 0.344. The molecule has 0 bridgehead atoms. The largest absolute Gasteiger partial charge is 0.494 e. The summed E-state index contributed by atoms with van der Waals surface area (Å²) in [7, 11) is 4.54. The van der Waals surface area contributed by atoms with Crippen LogP contribution in [0.5, 0.6) is 11.5 Å². The molecule has 2 heterocycles. The van der Waals surface area contributed by atoms with Crippen molar-refractivity contribution in [3.05, 3.63) is 67.9 Å². The van der Waals surface area contributed by atoms with Crippen LogP contribution in [-0.2, 0) is 22.4 Å². The Morgan fingerprint density at radius 1 is 1.02 bits per heavy atom. The fourth-order valence-corrected chi connectivity index (χ4v) is 6.83. The van der Waals surface area contributed by atoms with Crippen LogP contribution in [0, 0.1) is 6.92 Å². The van der Waals surface area contributed by atoms with Crippen molar-refractivity contribution in [1.82, 2.24) is 9.55 Å². The van der Waals surface area contributed by atoms with Gasteiger partial charge in [-0.3, -0.25) is 14.4 Å². The molecule has 256 valence electrons. The molecule has 4 aromatic rings. The monoisotopic (exact) mass is 697 g/mol. The maximum absolute atomic E-state index is 13.5. The first-order chi connectivity index (χ1) is 23.0. The Balaban J connectivity index is 1.74. The van der Waals surface area contributed by atoms with E-state index >= 15 is 0 Å². The SMILES string of the molecule is CCc1nc(C)sc1C(=O)/N=c1\sc2cc(C(N)=O)cc(OCCC(OC)OC)c2n1C/C=C/CNc1c(N)cc(C(N)=O)cc1OC. The van der Waals surface area contributed by atoms with Crippen molar-refractivity contribution in [3.8, 4) is 11.5 Å². The Labute approximate surface area is 285 Å². The van der Waals surface area contributed by atoms with E-state index in [-0.39, 0.29) is 24.3 Å². The van der Waals surface area contributed by atoms with Gasteiger partial charge in [0.25, 0.3) is 5.91 Å². The third-order valence-electron chi connectivity index (χ3n) is 7.18. The van der Waals surface area contributed by atoms with Crippen molar-refractivity contribution in [2.24, 2.45) is 16.5 Å². The van der Waals surface area contributed by atoms with Gasteiger partial charge in [0, 0.05) is 44.9 Å². The topological polar surface area (TPSA) is 208 Å². The van der Waals surface area contributed by atoms with Gasteiger partial charge in [-0.05, 0) is 37.6 Å². The van der Waals surface area contributed by atoms with Gasteiger partial charge in [0.1, 0.15) is 27.6 Å². The van der Waals surface area contributed by atoms with Crippen molar-refractivity contribution in [3.63, 3.8) is 0 Å². The average Bonchev–Trinajstić information content (AvgIpc) is 3.62. The zero-order valence-corrected chi connectivity index (χ0v) is 29.0. The number of nitrogens with zero attached hydrogens (tertiary/aromatic N) is 3. The molecular weight excluding hydrogens is 659 g/mol. The van der Waals surface area contributed by atoms with E-state index in [0.29, 0.717) is 67.8 Å². The zero-order chi connectivity index (χ0) is 35.0. The van der Waals surface area contributed by atoms with Crippen LogP contribution in [0.1, 0.15) is 54.4 Å². The number of ether oxygens (including phenoxy) is 4. The van der Waals surface area contributed by atoms with E-state index < -0.39 is 24.0 Å². The first-order valence-corrected chi connectivity index (χ1v) is 16.5. The van der Waals surface area contributed by atoms with Gasteiger partial charge in [0.05, 0.1) is 34.8 Å². The maximum atomic E-state index is 13.5. The minimum Gasteiger partial charge on any atom is -0.494 e. The van der Waals surface area contributed by atoms with Crippen molar-refractivity contribution >= 4 is 62.0 Å². The van der Waals surface area contributed by atoms with Crippen molar-refractivity contribution in [2.45, 2.75) is 39.5 Å². The number of rotatable bonds is 16. The number of methoxy groups -OCH3 is 3. The Morgan fingerprint density at radius 2 is 1.71 bits per heavy atom. The summed E-state index contributed by atoms with van der Waals surface area (Å²) in [6.07, 6.45) is 4.27. The molecule has 0 saturated heterocycles. The van der Waals surface area contributed by atoms with E-state index in [2.05, 4.69) is 15.3 Å². The quantitative estimate of drug-likeness (QED) is 0.0759. The first-order valence-electron chi connectivity index (χ1n) is 14.9. The molecule has 2 aromatic heterocycles. The van der Waals surface area contributed by atoms with Gasteiger partial charge in [-0.1, -0.05) is 30.4 Å². The lowest BCUT2D eigenvalue weighted by Gasteiger charge is -2.15. The average molecular weight is 698 g/mol. The molecule has 4 rings (SSSR count). The molecule has 0 fully saturated rings. The molecule has 2 aromatic carbocycles. The number of carbonyl (C=O) groups excluding carboxylic acids is 3. The lowest BCUT2D eigenvalue weighted by atomic mass is 10.1. The number of primary amides is 2. The van der Waals surface area contributed by atoms with Gasteiger partial charge < -0.3 is 46.0 Å². The van der Waals surface area contributed by atoms with E-state index in [1.54, 1.807) is 12.1 Å². The lowest BCUT2D eigenvalue weighted by Crippen LogP contribution is -2.19. The maximum Gasteiger partial charge on any atom is 0.291 e. The normalized spacial score (nSPS) is 11.9. The number of benzene rings is 2. The zero-order valence-electron chi connectivity index (χ0n) is 27.3. The minimum atomic E-state index is -0.625. The Kier molecular flexibility index (Phi) is 12.3. The minimum absolute atomic E-state index is 0.211. The molecule has 3 amide bonds. The highest BCUT2D eigenvalue weighted by Crippen LogP contribution is 2.33. The summed E-state index contributed by atoms with van der Waals surface area (Å²) in [6.45, 7) is 4.62. The number of aromatic nitrogens is 2. The highest BCUT2D eigenvalue weighted by atomic mass is 32.1. The Hall–Kier alpha value is -4.77. The number of nitrogens with one attached hydrogen (secondary N) is 1. The van der Waals surface area contributed by atoms with Gasteiger partial charge in [-0.15, -0.1) is 11.3 Å². The van der Waals surface area contributed by atoms with Crippen molar-refractivity contribution < 1.29 is 33.3 Å². The molecule has 0 aliphatic carbocycles. The number of fused-ring (bicyclic) bond motifs is 1. The van der Waals surface area contributed by atoms with Crippen molar-refractivity contribution in [1.29, 1.82) is 0 Å². The van der Waals surface area contributed by atoms with Crippen LogP contribution < -0.4 is 36.8 Å². The van der Waals surface area contributed by atoms with Gasteiger partial charge >= 0.3 is 0 Å². The fourth-order valence-electron chi connectivity index (χ4n) is 4.85. The van der Waals surface area contributed by atoms with E-state index in [4.69, 9.17) is 36.1 Å². The van der Waals surface area contributed by atoms with Crippen LogP contribution in [0.2, 0.25) is 0 Å². The van der Waals surface area contributed by atoms with Gasteiger partial charge in [-0.2, -0.15) is 4.99 Å². The molecule has 0 atom stereocenters. The molecule has 0 saturated carbocycles. The molecule has 0 unspecified atom stereocenters. The van der Waals surface area contributed by atoms with Gasteiger partial charge in [-0.25, -0.2) is 4.98 Å². The van der Waals surface area contributed by atoms with Gasteiger partial charge in [0.2, 0.25) is 11.8 Å². The lowest BCUT2D eigenvalue weighted by molar-refractivity contribution is -0.110. The van der Waals surface area contributed by atoms with Crippen LogP contribution in [0.3, 0.4) is 0 Å². The second-order valence-corrected chi connectivity index (χ2v) is 12.6. The molecule has 0 radical (unpaired) electrons. The number of carbonyl (C=O) groups is 3. The van der Waals surface area contributed by atoms with E-state index in [1.807, 2.05) is 30.6 Å². The number of amides is 3. The molecule has 0 spiro atoms. The predicted molar refractivity (Wildman–Crippen MR) is 186 cm³/mol. The summed E-state index contributed by atoms with van der Waals surface area (Å²) in [6, 6.07) is 6.23. The second kappa shape index (κ2) is 16.4. The third-order valence-corrected chi connectivity index (χ3v) is 9.21. The van der Waals surface area contributed by atoms with E-state index in [9.17, 15) is 14.4 Å². The smallest absolute Gasteiger partial charge is 0.291 e. The molecular formula is C32H39N7O7S2. The summed E-state index contributed by atoms with van der Waals surface area (Å²) in [5.74, 6) is -0.896. The highest BCUT2D eigenvalue weighted by Gasteiger charge is 2.20. The number of thiazole rings is 2. The Bertz CT molecular complexity index is 1910. The second-order valence-electron chi connectivity index (χ2n) is 10.4. The Morgan fingerprint density at radius 3 is 2.35 bits per heavy atom. The summed E-state index contributed by atoms with van der Waals surface area (Å²) >= 11 is 2.53. The standard InChI is InChI=1S/C32H39N7O7S2/c1-6-21-28(47-17(2)37-21)31(42)38-32-39(11-8-7-10-36-26-20(33)13-18(29(34)40)14-22(26)43-3)27-23(46-12-9-25(44-4)45-5)15-19(30(35)41)16-24(27)48-32/h7-8,13-16,25,36H,6,9-12,33H2,1-5H3,(H2,34,40)(H2,35,41)/b8-7+,38-32-. The van der Waals surface area contributed by atoms with Crippen LogP contribution in [-0.4, -0.2) is 68.0 Å². The first kappa shape index (κ1) is 36.1. The number of aryl methyl sites for hydroxylation is 2. The van der Waals surface area contributed by atoms with Gasteiger partial charge in [0.15, 0.2) is 11.1 Å². The number of hydrogen-bond acceptors (Lipinski definition) is 12. The molecule has 0 aliphatic rings. The predicted octanol–water partition coefficient (Wildman–Crippen LogP) is 3.62. The molecule has 14 nitrogen and oxygen atoms in total. The molecule has 7 N–H and O–H groups in total. The summed E-state index contributed by atoms with van der Waals surface area (Å²) in [4.78, 5) is 47.3. The van der Waals surface area contributed by atoms with Crippen molar-refractivity contribution in [2.75, 3.05) is 45.5 Å². The number of allylic oxidation sites excluding steroid dienone is 1. The number of anilines is 2. The highest BCUT2D eigenvalue weighted by molar-refractivity contribution is 7.16. The number of hydrogen-bond donors (Lipinski definition) is 4. The third kappa shape index (κ3) is 8.38. The van der Waals surface area contributed by atoms with Crippen LogP contribution in [0.25, 0.3) is 10.2 Å². The summed E-state index contributed by atoms with van der Waals surface area (Å²) in [5.41, 5.74) is 19.8. The van der Waals surface area contributed by atoms with Crippen LogP contribution >= 0.6 is 22.7 Å². The number of nitrogens with two attached hydrogens (primary N) is 3. The number of nitrogen functional groups attached to an aromatic ring is 1. The summed E-state index contributed by atoms with van der Waals surface area (Å²) < 4.78 is 24.6. The molecule has 16 heteroatoms.